The summed E-state index contributed by atoms with van der Waals surface area (Å²) in [5.41, 5.74) is 2.85. The van der Waals surface area contributed by atoms with Gasteiger partial charge >= 0.3 is 0 Å². The maximum atomic E-state index is 13.9. The Morgan fingerprint density at radius 2 is 1.50 bits per heavy atom. The molecule has 0 aliphatic carbocycles. The summed E-state index contributed by atoms with van der Waals surface area (Å²) >= 11 is 12.3. The van der Waals surface area contributed by atoms with E-state index >= 15 is 0 Å². The van der Waals surface area contributed by atoms with E-state index in [9.17, 15) is 18.0 Å². The Morgan fingerprint density at radius 1 is 0.900 bits per heavy atom. The highest BCUT2D eigenvalue weighted by atomic mass is 35.5. The zero-order chi connectivity index (χ0) is 29.4. The number of carbonyl (C=O) groups excluding carboxylic acids is 2. The van der Waals surface area contributed by atoms with Crippen molar-refractivity contribution in [3.63, 3.8) is 0 Å². The first-order valence-corrected chi connectivity index (χ1v) is 15.3. The first-order valence-electron chi connectivity index (χ1n) is 13.1. The molecule has 3 aromatic carbocycles. The molecule has 10 heteroatoms. The molecule has 0 radical (unpaired) electrons. The van der Waals surface area contributed by atoms with Crippen LogP contribution in [0.5, 0.6) is 0 Å². The molecule has 0 bridgehead atoms. The number of anilines is 1. The van der Waals surface area contributed by atoms with E-state index in [1.807, 2.05) is 20.8 Å². The lowest BCUT2D eigenvalue weighted by molar-refractivity contribution is -0.139. The normalized spacial score (nSPS) is 12.1. The maximum absolute atomic E-state index is 13.9. The second-order valence-corrected chi connectivity index (χ2v) is 12.4. The van der Waals surface area contributed by atoms with Gasteiger partial charge in [0.15, 0.2) is 0 Å². The molecule has 0 saturated heterocycles. The van der Waals surface area contributed by atoms with Crippen LogP contribution in [0, 0.1) is 13.8 Å². The molecule has 7 nitrogen and oxygen atoms in total. The highest BCUT2D eigenvalue weighted by molar-refractivity contribution is 7.92. The van der Waals surface area contributed by atoms with Gasteiger partial charge in [-0.15, -0.1) is 0 Å². The van der Waals surface area contributed by atoms with E-state index in [-0.39, 0.29) is 17.3 Å². The third-order valence-electron chi connectivity index (χ3n) is 6.54. The third kappa shape index (κ3) is 7.99. The van der Waals surface area contributed by atoms with Crippen LogP contribution in [-0.2, 0) is 26.2 Å². The highest BCUT2D eigenvalue weighted by Crippen LogP contribution is 2.27. The minimum Gasteiger partial charge on any atom is -0.354 e. The van der Waals surface area contributed by atoms with Gasteiger partial charge in [0.05, 0.1) is 20.6 Å². The van der Waals surface area contributed by atoms with Gasteiger partial charge in [0, 0.05) is 13.1 Å². The number of sulfonamides is 1. The van der Waals surface area contributed by atoms with Crippen molar-refractivity contribution < 1.29 is 18.0 Å². The van der Waals surface area contributed by atoms with E-state index in [1.54, 1.807) is 61.5 Å². The quantitative estimate of drug-likeness (QED) is 0.252. The summed E-state index contributed by atoms with van der Waals surface area (Å²) in [6.07, 6.45) is 1.71. The summed E-state index contributed by atoms with van der Waals surface area (Å²) < 4.78 is 28.8. The Hall–Kier alpha value is -3.07. The van der Waals surface area contributed by atoms with Gasteiger partial charge < -0.3 is 10.2 Å². The van der Waals surface area contributed by atoms with E-state index in [0.29, 0.717) is 27.8 Å². The summed E-state index contributed by atoms with van der Waals surface area (Å²) in [7, 11) is -4.11. The fourth-order valence-corrected chi connectivity index (χ4v) is 5.77. The van der Waals surface area contributed by atoms with Crippen LogP contribution in [0.15, 0.2) is 71.6 Å². The first-order chi connectivity index (χ1) is 18.9. The van der Waals surface area contributed by atoms with Crippen LogP contribution in [0.2, 0.25) is 10.0 Å². The Bertz CT molecular complexity index is 1430. The second kappa shape index (κ2) is 14.0. The molecule has 214 valence electrons. The molecule has 40 heavy (non-hydrogen) atoms. The van der Waals surface area contributed by atoms with Crippen LogP contribution in [0.1, 0.15) is 43.4 Å². The van der Waals surface area contributed by atoms with Gasteiger partial charge in [0.25, 0.3) is 10.0 Å². The fraction of sp³-hybridized carbons (Fsp3) is 0.333. The number of hydrogen-bond donors (Lipinski definition) is 1. The van der Waals surface area contributed by atoms with Crippen LogP contribution in [0.4, 0.5) is 5.69 Å². The number of unbranched alkanes of at least 4 members (excludes halogenated alkanes) is 1. The van der Waals surface area contributed by atoms with Crippen molar-refractivity contribution in [2.45, 2.75) is 58.0 Å². The van der Waals surface area contributed by atoms with Crippen LogP contribution in [0.25, 0.3) is 0 Å². The summed E-state index contributed by atoms with van der Waals surface area (Å²) in [5, 5.41) is 3.54. The van der Waals surface area contributed by atoms with Gasteiger partial charge in [0.1, 0.15) is 12.6 Å². The number of nitrogens with zero attached hydrogens (tertiary/aromatic N) is 2. The van der Waals surface area contributed by atoms with Gasteiger partial charge in [-0.1, -0.05) is 78.0 Å². The lowest BCUT2D eigenvalue weighted by atomic mass is 10.1. The molecule has 1 atom stereocenters. The monoisotopic (exact) mass is 603 g/mol. The van der Waals surface area contributed by atoms with E-state index in [2.05, 4.69) is 5.32 Å². The number of carbonyl (C=O) groups is 2. The average Bonchev–Trinajstić information content (AvgIpc) is 2.92. The SMILES string of the molecule is CCCCNC(=O)C(C)N(Cc1ccc(Cl)c(Cl)c1)C(=O)CN(c1ccc(C)cc1)S(=O)(=O)c1ccc(C)cc1. The van der Waals surface area contributed by atoms with Gasteiger partial charge in [0.2, 0.25) is 11.8 Å². The number of hydrogen-bond acceptors (Lipinski definition) is 4. The minimum absolute atomic E-state index is 0.0321. The summed E-state index contributed by atoms with van der Waals surface area (Å²) in [4.78, 5) is 28.4. The maximum Gasteiger partial charge on any atom is 0.264 e. The number of aryl methyl sites for hydroxylation is 2. The van der Waals surface area contributed by atoms with Crippen molar-refractivity contribution in [2.75, 3.05) is 17.4 Å². The molecule has 0 aliphatic rings. The van der Waals surface area contributed by atoms with Crippen molar-refractivity contribution in [3.8, 4) is 0 Å². The highest BCUT2D eigenvalue weighted by Gasteiger charge is 2.32. The zero-order valence-electron chi connectivity index (χ0n) is 23.2. The van der Waals surface area contributed by atoms with Gasteiger partial charge in [-0.05, 0) is 69.2 Å². The van der Waals surface area contributed by atoms with Gasteiger partial charge in [-0.3, -0.25) is 13.9 Å². The molecular formula is C30H35Cl2N3O4S. The van der Waals surface area contributed by atoms with Crippen molar-refractivity contribution in [1.82, 2.24) is 10.2 Å². The second-order valence-electron chi connectivity index (χ2n) is 9.75. The van der Waals surface area contributed by atoms with Crippen LogP contribution in [-0.4, -0.2) is 44.3 Å². The minimum atomic E-state index is -4.11. The van der Waals surface area contributed by atoms with E-state index in [0.717, 1.165) is 28.3 Å². The molecule has 0 aromatic heterocycles. The largest absolute Gasteiger partial charge is 0.354 e. The van der Waals surface area contributed by atoms with Crippen molar-refractivity contribution in [1.29, 1.82) is 0 Å². The lowest BCUT2D eigenvalue weighted by Crippen LogP contribution is -2.51. The predicted octanol–water partition coefficient (Wildman–Crippen LogP) is 6.14. The third-order valence-corrected chi connectivity index (χ3v) is 9.07. The molecular weight excluding hydrogens is 569 g/mol. The Morgan fingerprint density at radius 3 is 2.08 bits per heavy atom. The molecule has 0 spiro atoms. The van der Waals surface area contributed by atoms with E-state index in [4.69, 9.17) is 23.2 Å². The van der Waals surface area contributed by atoms with Crippen molar-refractivity contribution in [2.24, 2.45) is 0 Å². The smallest absolute Gasteiger partial charge is 0.264 e. The van der Waals surface area contributed by atoms with E-state index < -0.39 is 28.5 Å². The molecule has 0 fully saturated rings. The number of amides is 2. The number of benzene rings is 3. The lowest BCUT2D eigenvalue weighted by Gasteiger charge is -2.32. The molecule has 2 amide bonds. The van der Waals surface area contributed by atoms with Crippen LogP contribution >= 0.6 is 23.2 Å². The average molecular weight is 605 g/mol. The molecule has 0 saturated carbocycles. The predicted molar refractivity (Wildman–Crippen MR) is 161 cm³/mol. The van der Waals surface area contributed by atoms with Gasteiger partial charge in [-0.2, -0.15) is 0 Å². The standard InChI is InChI=1S/C30H35Cl2N3O4S/c1-5-6-17-33-30(37)23(4)34(19-24-11-16-27(31)28(32)18-24)29(36)20-35(25-12-7-21(2)8-13-25)40(38,39)26-14-9-22(3)10-15-26/h7-16,18,23H,5-6,17,19-20H2,1-4H3,(H,33,37). The molecule has 0 aliphatic heterocycles. The summed E-state index contributed by atoms with van der Waals surface area (Å²) in [6, 6.07) is 17.5. The van der Waals surface area contributed by atoms with Crippen LogP contribution < -0.4 is 9.62 Å². The zero-order valence-corrected chi connectivity index (χ0v) is 25.5. The fourth-order valence-electron chi connectivity index (χ4n) is 4.03. The Kier molecular flexibility index (Phi) is 11.0. The van der Waals surface area contributed by atoms with Crippen molar-refractivity contribution in [3.05, 3.63) is 93.5 Å². The summed E-state index contributed by atoms with van der Waals surface area (Å²) in [5.74, 6) is -0.870. The number of rotatable bonds is 12. The molecule has 1 unspecified atom stereocenters. The first kappa shape index (κ1) is 31.5. The Balaban J connectivity index is 2.01. The van der Waals surface area contributed by atoms with Crippen LogP contribution in [0.3, 0.4) is 0 Å². The van der Waals surface area contributed by atoms with Gasteiger partial charge in [-0.25, -0.2) is 8.42 Å². The molecule has 3 aromatic rings. The molecule has 1 N–H and O–H groups in total. The topological polar surface area (TPSA) is 86.8 Å². The molecule has 3 rings (SSSR count). The van der Waals surface area contributed by atoms with Crippen molar-refractivity contribution >= 4 is 50.7 Å². The molecule has 0 heterocycles. The summed E-state index contributed by atoms with van der Waals surface area (Å²) in [6.45, 7) is 7.41. The number of nitrogens with one attached hydrogen (secondary N) is 1. The number of halogens is 2. The Labute approximate surface area is 247 Å². The van der Waals surface area contributed by atoms with E-state index in [1.165, 1.54) is 17.0 Å².